The van der Waals surface area contributed by atoms with Crippen molar-refractivity contribution in [3.05, 3.63) is 46.6 Å². The third-order valence-electron chi connectivity index (χ3n) is 1.96. The van der Waals surface area contributed by atoms with Crippen LogP contribution in [0.3, 0.4) is 0 Å². The molecule has 0 aliphatic carbocycles. The van der Waals surface area contributed by atoms with Crippen LogP contribution in [0.4, 0.5) is 0 Å². The molecule has 6 heteroatoms. The van der Waals surface area contributed by atoms with Gasteiger partial charge < -0.3 is 9.84 Å². The highest BCUT2D eigenvalue weighted by atomic mass is 79.9. The van der Waals surface area contributed by atoms with Crippen LogP contribution >= 0.6 is 15.9 Å². The summed E-state index contributed by atoms with van der Waals surface area (Å²) in [5, 5.41) is 16.2. The van der Waals surface area contributed by atoms with Crippen molar-refractivity contribution in [2.75, 3.05) is 0 Å². The van der Waals surface area contributed by atoms with Gasteiger partial charge in [-0.25, -0.2) is 4.79 Å². The molecule has 1 heterocycles. The molecule has 1 N–H and O–H groups in total. The molecule has 2 rings (SSSR count). The number of nitrogens with zero attached hydrogens (tertiary/aromatic N) is 2. The van der Waals surface area contributed by atoms with Gasteiger partial charge in [-0.3, -0.25) is 0 Å². The summed E-state index contributed by atoms with van der Waals surface area (Å²) in [5.41, 5.74) is -0.0317. The number of para-hydroxylation sites is 1. The molecule has 0 bridgehead atoms. The number of rotatable bonds is 3. The number of hydrogen-bond donors (Lipinski definition) is 1. The van der Waals surface area contributed by atoms with Crippen molar-refractivity contribution in [1.29, 1.82) is 0 Å². The van der Waals surface area contributed by atoms with Crippen molar-refractivity contribution in [1.82, 2.24) is 10.2 Å². The second-order valence-corrected chi connectivity index (χ2v) is 3.94. The highest BCUT2D eigenvalue weighted by Crippen LogP contribution is 2.29. The van der Waals surface area contributed by atoms with Gasteiger partial charge in [0.15, 0.2) is 0 Å². The Kier molecular flexibility index (Phi) is 3.34. The highest BCUT2D eigenvalue weighted by molar-refractivity contribution is 9.10. The summed E-state index contributed by atoms with van der Waals surface area (Å²) in [5.74, 6) is -0.663. The van der Waals surface area contributed by atoms with Crippen LogP contribution < -0.4 is 4.74 Å². The maximum Gasteiger partial charge on any atom is 0.341 e. The van der Waals surface area contributed by atoms with E-state index >= 15 is 0 Å². The number of aromatic nitrogens is 2. The summed E-state index contributed by atoms with van der Waals surface area (Å²) < 4.78 is 6.11. The van der Waals surface area contributed by atoms with Crippen molar-refractivity contribution in [2.45, 2.75) is 0 Å². The van der Waals surface area contributed by atoms with Gasteiger partial charge in [-0.1, -0.05) is 12.1 Å². The predicted octanol–water partition coefficient (Wildman–Crippen LogP) is 2.73. The number of ether oxygens (including phenoxy) is 1. The number of benzene rings is 1. The van der Waals surface area contributed by atoms with E-state index in [0.29, 0.717) is 10.2 Å². The summed E-state index contributed by atoms with van der Waals surface area (Å²) in [6.45, 7) is 0. The first-order chi connectivity index (χ1) is 8.18. The zero-order chi connectivity index (χ0) is 12.3. The minimum absolute atomic E-state index is 0.0317. The first kappa shape index (κ1) is 11.5. The Morgan fingerprint density at radius 1 is 1.29 bits per heavy atom. The predicted molar refractivity (Wildman–Crippen MR) is 63.2 cm³/mol. The Morgan fingerprint density at radius 3 is 2.76 bits per heavy atom. The summed E-state index contributed by atoms with van der Waals surface area (Å²) in [7, 11) is 0. The van der Waals surface area contributed by atoms with E-state index < -0.39 is 5.97 Å². The lowest BCUT2D eigenvalue weighted by Crippen LogP contribution is -2.03. The molecule has 17 heavy (non-hydrogen) atoms. The molecule has 1 aromatic carbocycles. The number of aromatic carboxylic acids is 1. The van der Waals surface area contributed by atoms with Crippen LogP contribution in [-0.2, 0) is 0 Å². The topological polar surface area (TPSA) is 72.3 Å². The summed E-state index contributed by atoms with van der Waals surface area (Å²) >= 11 is 3.29. The fraction of sp³-hybridized carbons (Fsp3) is 0. The van der Waals surface area contributed by atoms with Crippen molar-refractivity contribution in [3.63, 3.8) is 0 Å². The van der Waals surface area contributed by atoms with E-state index in [-0.39, 0.29) is 11.4 Å². The lowest BCUT2D eigenvalue weighted by Gasteiger charge is -2.07. The molecule has 2 aromatic rings. The molecule has 0 fully saturated rings. The van der Waals surface area contributed by atoms with Crippen LogP contribution in [0.25, 0.3) is 0 Å². The van der Waals surface area contributed by atoms with Crippen LogP contribution in [0, 0.1) is 0 Å². The van der Waals surface area contributed by atoms with E-state index in [1.54, 1.807) is 18.2 Å². The number of halogens is 1. The molecule has 1 aromatic heterocycles. The van der Waals surface area contributed by atoms with E-state index in [4.69, 9.17) is 9.84 Å². The number of hydrogen-bond acceptors (Lipinski definition) is 4. The highest BCUT2D eigenvalue weighted by Gasteiger charge is 2.14. The van der Waals surface area contributed by atoms with Gasteiger partial charge in [0.25, 0.3) is 5.88 Å². The lowest BCUT2D eigenvalue weighted by atomic mass is 10.3. The molecule has 0 aliphatic heterocycles. The molecule has 0 unspecified atom stereocenters. The van der Waals surface area contributed by atoms with E-state index in [2.05, 4.69) is 26.1 Å². The Bertz CT molecular complexity index is 560. The van der Waals surface area contributed by atoms with Crippen LogP contribution in [0.15, 0.2) is 41.0 Å². The quantitative estimate of drug-likeness (QED) is 0.942. The third-order valence-corrected chi connectivity index (χ3v) is 2.62. The van der Waals surface area contributed by atoms with E-state index in [1.165, 1.54) is 12.3 Å². The first-order valence-electron chi connectivity index (χ1n) is 4.66. The van der Waals surface area contributed by atoms with Gasteiger partial charge in [0.1, 0.15) is 11.3 Å². The van der Waals surface area contributed by atoms with Crippen molar-refractivity contribution < 1.29 is 14.6 Å². The maximum absolute atomic E-state index is 10.9. The standard InChI is InChI=1S/C11H7BrN2O3/c12-8-3-1-2-4-9(8)17-10-7(11(15)16)5-6-13-14-10/h1-6H,(H,15,16). The van der Waals surface area contributed by atoms with Crippen molar-refractivity contribution in [2.24, 2.45) is 0 Å². The third kappa shape index (κ3) is 2.59. The van der Waals surface area contributed by atoms with Gasteiger partial charge in [0.05, 0.1) is 10.7 Å². The molecule has 0 saturated carbocycles. The molecular weight excluding hydrogens is 288 g/mol. The molecule has 0 aliphatic rings. The molecule has 0 amide bonds. The fourth-order valence-electron chi connectivity index (χ4n) is 1.19. The second kappa shape index (κ2) is 4.92. The number of carboxylic acids is 1. The monoisotopic (exact) mass is 294 g/mol. The first-order valence-corrected chi connectivity index (χ1v) is 5.45. The SMILES string of the molecule is O=C(O)c1ccnnc1Oc1ccccc1Br. The number of carbonyl (C=O) groups is 1. The molecule has 0 saturated heterocycles. The van der Waals surface area contributed by atoms with Gasteiger partial charge >= 0.3 is 5.97 Å². The summed E-state index contributed by atoms with van der Waals surface area (Å²) in [4.78, 5) is 10.9. The average Bonchev–Trinajstić information content (AvgIpc) is 2.32. The Hall–Kier alpha value is -1.95. The van der Waals surface area contributed by atoms with Crippen molar-refractivity contribution in [3.8, 4) is 11.6 Å². The van der Waals surface area contributed by atoms with Gasteiger partial charge in [-0.05, 0) is 34.1 Å². The molecule has 0 atom stereocenters. The minimum atomic E-state index is -1.11. The van der Waals surface area contributed by atoms with Gasteiger partial charge in [0, 0.05) is 0 Å². The smallest absolute Gasteiger partial charge is 0.341 e. The second-order valence-electron chi connectivity index (χ2n) is 3.09. The van der Waals surface area contributed by atoms with Crippen LogP contribution in [-0.4, -0.2) is 21.3 Å². The largest absolute Gasteiger partial charge is 0.477 e. The number of carboxylic acid groups (broad SMARTS) is 1. The molecular formula is C11H7BrN2O3. The fourth-order valence-corrected chi connectivity index (χ4v) is 1.55. The Morgan fingerprint density at radius 2 is 2.06 bits per heavy atom. The molecule has 86 valence electrons. The summed E-state index contributed by atoms with van der Waals surface area (Å²) in [6.07, 6.45) is 1.30. The molecule has 0 spiro atoms. The van der Waals surface area contributed by atoms with Crippen LogP contribution in [0.5, 0.6) is 11.6 Å². The zero-order valence-electron chi connectivity index (χ0n) is 8.50. The van der Waals surface area contributed by atoms with Gasteiger partial charge in [-0.2, -0.15) is 5.10 Å². The normalized spacial score (nSPS) is 9.94. The molecule has 0 radical (unpaired) electrons. The van der Waals surface area contributed by atoms with E-state index in [0.717, 1.165) is 0 Å². The van der Waals surface area contributed by atoms with Gasteiger partial charge in [-0.15, -0.1) is 5.10 Å². The van der Waals surface area contributed by atoms with E-state index in [1.807, 2.05) is 6.07 Å². The van der Waals surface area contributed by atoms with Crippen molar-refractivity contribution >= 4 is 21.9 Å². The Labute approximate surface area is 105 Å². The lowest BCUT2D eigenvalue weighted by molar-refractivity contribution is 0.0693. The van der Waals surface area contributed by atoms with Gasteiger partial charge in [0.2, 0.25) is 0 Å². The Balaban J connectivity index is 2.37. The van der Waals surface area contributed by atoms with Crippen LogP contribution in [0.2, 0.25) is 0 Å². The van der Waals surface area contributed by atoms with E-state index in [9.17, 15) is 4.79 Å². The molecule has 5 nitrogen and oxygen atoms in total. The minimum Gasteiger partial charge on any atom is -0.477 e. The average molecular weight is 295 g/mol. The maximum atomic E-state index is 10.9. The van der Waals surface area contributed by atoms with Crippen LogP contribution in [0.1, 0.15) is 10.4 Å². The summed E-state index contributed by atoms with van der Waals surface area (Å²) in [6, 6.07) is 8.42. The zero-order valence-corrected chi connectivity index (χ0v) is 10.1.